The molecule has 5 nitrogen and oxygen atoms in total. The quantitative estimate of drug-likeness (QED) is 0.602. The van der Waals surface area contributed by atoms with Gasteiger partial charge in [0.1, 0.15) is 0 Å². The molecule has 1 atom stereocenters. The van der Waals surface area contributed by atoms with Crippen molar-refractivity contribution in [3.8, 4) is 11.5 Å². The van der Waals surface area contributed by atoms with Crippen molar-refractivity contribution in [2.75, 3.05) is 32.1 Å². The number of thioether (sulfide) groups is 1. The fourth-order valence-electron chi connectivity index (χ4n) is 2.90. The van der Waals surface area contributed by atoms with E-state index in [9.17, 15) is 0 Å². The lowest BCUT2D eigenvalue weighted by atomic mass is 10.2. The molecule has 0 aliphatic carbocycles. The molecule has 0 saturated carbocycles. The number of benzene rings is 1. The predicted octanol–water partition coefficient (Wildman–Crippen LogP) is 3.45. The number of fused-ring (bicyclic) bond motifs is 1. The summed E-state index contributed by atoms with van der Waals surface area (Å²) in [7, 11) is 0. The van der Waals surface area contributed by atoms with Crippen molar-refractivity contribution in [3.05, 3.63) is 22.7 Å². The van der Waals surface area contributed by atoms with Crippen LogP contribution >= 0.6 is 23.4 Å². The number of nitrogens with zero attached hydrogens (tertiary/aromatic N) is 1. The van der Waals surface area contributed by atoms with Crippen LogP contribution in [0.4, 0.5) is 0 Å². The summed E-state index contributed by atoms with van der Waals surface area (Å²) in [6.07, 6.45) is 3.47. The van der Waals surface area contributed by atoms with Crippen molar-refractivity contribution >= 4 is 29.3 Å². The largest absolute Gasteiger partial charge is 0.489 e. The molecule has 2 N–H and O–H groups in total. The van der Waals surface area contributed by atoms with Gasteiger partial charge in [0, 0.05) is 24.8 Å². The highest BCUT2D eigenvalue weighted by molar-refractivity contribution is 8.00. The zero-order chi connectivity index (χ0) is 17.5. The second-order valence-corrected chi connectivity index (χ2v) is 7.98. The summed E-state index contributed by atoms with van der Waals surface area (Å²) in [5.41, 5.74) is 1.02. The van der Waals surface area contributed by atoms with Crippen LogP contribution in [0, 0.1) is 0 Å². The van der Waals surface area contributed by atoms with Gasteiger partial charge in [-0.05, 0) is 43.2 Å². The minimum Gasteiger partial charge on any atom is -0.489 e. The van der Waals surface area contributed by atoms with Gasteiger partial charge in [0.15, 0.2) is 17.5 Å². The number of hydrogen-bond acceptors (Lipinski definition) is 4. The maximum absolute atomic E-state index is 6.36. The molecular formula is C18H26ClN3O2S. The Morgan fingerprint density at radius 2 is 2.16 bits per heavy atom. The van der Waals surface area contributed by atoms with E-state index in [-0.39, 0.29) is 0 Å². The van der Waals surface area contributed by atoms with Gasteiger partial charge in [0.05, 0.1) is 24.8 Å². The van der Waals surface area contributed by atoms with Crippen LogP contribution in [-0.2, 0) is 6.54 Å². The van der Waals surface area contributed by atoms with Crippen molar-refractivity contribution in [2.24, 2.45) is 4.99 Å². The lowest BCUT2D eigenvalue weighted by Gasteiger charge is -2.15. The zero-order valence-corrected chi connectivity index (χ0v) is 16.2. The van der Waals surface area contributed by atoms with Crippen LogP contribution < -0.4 is 20.1 Å². The summed E-state index contributed by atoms with van der Waals surface area (Å²) in [5.74, 6) is 3.49. The molecule has 0 spiro atoms. The SMILES string of the molecule is CCNC(=NCc1cc(Cl)c2c(c1)OCCCO2)NCC1CCCS1. The molecular weight excluding hydrogens is 358 g/mol. The van der Waals surface area contributed by atoms with Gasteiger partial charge in [-0.3, -0.25) is 0 Å². The standard InChI is InChI=1S/C18H26ClN3O2S/c1-2-20-18(22-12-14-5-3-8-25-14)21-11-13-9-15(19)17-16(10-13)23-6-4-7-24-17/h9-10,14H,2-8,11-12H2,1H3,(H2,20,21,22). The molecule has 138 valence electrons. The molecule has 1 saturated heterocycles. The number of rotatable bonds is 5. The van der Waals surface area contributed by atoms with E-state index in [1.54, 1.807) is 0 Å². The van der Waals surface area contributed by atoms with Crippen molar-refractivity contribution < 1.29 is 9.47 Å². The molecule has 2 heterocycles. The smallest absolute Gasteiger partial charge is 0.191 e. The second kappa shape index (κ2) is 9.43. The summed E-state index contributed by atoms with van der Waals surface area (Å²) < 4.78 is 11.4. The highest BCUT2D eigenvalue weighted by Gasteiger charge is 2.17. The highest BCUT2D eigenvalue weighted by atomic mass is 35.5. The Bertz CT molecular complexity index is 606. The third kappa shape index (κ3) is 5.35. The Kier molecular flexibility index (Phi) is 6.99. The van der Waals surface area contributed by atoms with Crippen LogP contribution in [0.1, 0.15) is 31.7 Å². The van der Waals surface area contributed by atoms with Gasteiger partial charge in [-0.15, -0.1) is 0 Å². The first-order chi connectivity index (χ1) is 12.3. The number of ether oxygens (including phenoxy) is 2. The summed E-state index contributed by atoms with van der Waals surface area (Å²) in [5, 5.41) is 8.03. The molecule has 2 aliphatic heterocycles. The van der Waals surface area contributed by atoms with Gasteiger partial charge in [-0.1, -0.05) is 11.6 Å². The Balaban J connectivity index is 1.65. The summed E-state index contributed by atoms with van der Waals surface area (Å²) >= 11 is 8.40. The number of halogens is 1. The van der Waals surface area contributed by atoms with Crippen molar-refractivity contribution in [3.63, 3.8) is 0 Å². The van der Waals surface area contributed by atoms with Crippen molar-refractivity contribution in [1.82, 2.24) is 10.6 Å². The summed E-state index contributed by atoms with van der Waals surface area (Å²) in [6, 6.07) is 3.89. The molecule has 1 aromatic rings. The lowest BCUT2D eigenvalue weighted by molar-refractivity contribution is 0.297. The van der Waals surface area contributed by atoms with Crippen LogP contribution in [0.5, 0.6) is 11.5 Å². The van der Waals surface area contributed by atoms with Gasteiger partial charge in [-0.2, -0.15) is 11.8 Å². The van der Waals surface area contributed by atoms with Crippen LogP contribution in [0.2, 0.25) is 5.02 Å². The average Bonchev–Trinajstić information content (AvgIpc) is 3.01. The Morgan fingerprint density at radius 1 is 1.28 bits per heavy atom. The number of aliphatic imine (C=N–C) groups is 1. The van der Waals surface area contributed by atoms with E-state index in [1.165, 1.54) is 18.6 Å². The zero-order valence-electron chi connectivity index (χ0n) is 14.6. The Morgan fingerprint density at radius 3 is 2.96 bits per heavy atom. The van der Waals surface area contributed by atoms with E-state index in [0.717, 1.165) is 36.8 Å². The third-order valence-electron chi connectivity index (χ3n) is 4.15. The summed E-state index contributed by atoms with van der Waals surface area (Å²) in [4.78, 5) is 4.69. The van der Waals surface area contributed by atoms with E-state index in [1.807, 2.05) is 23.9 Å². The minimum absolute atomic E-state index is 0.545. The molecule has 3 rings (SSSR count). The molecule has 0 amide bonds. The van der Waals surface area contributed by atoms with Crippen LogP contribution in [0.15, 0.2) is 17.1 Å². The molecule has 0 bridgehead atoms. The van der Waals surface area contributed by atoms with Crippen molar-refractivity contribution in [1.29, 1.82) is 0 Å². The first kappa shape index (κ1) is 18.5. The first-order valence-electron chi connectivity index (χ1n) is 8.98. The van der Waals surface area contributed by atoms with Gasteiger partial charge >= 0.3 is 0 Å². The normalized spacial score (nSPS) is 20.2. The third-order valence-corrected chi connectivity index (χ3v) is 5.83. The fourth-order valence-corrected chi connectivity index (χ4v) is 4.39. The molecule has 0 radical (unpaired) electrons. The van der Waals surface area contributed by atoms with E-state index < -0.39 is 0 Å². The molecule has 1 aromatic carbocycles. The first-order valence-corrected chi connectivity index (χ1v) is 10.4. The number of nitrogens with one attached hydrogen (secondary N) is 2. The van der Waals surface area contributed by atoms with Crippen LogP contribution in [0.25, 0.3) is 0 Å². The topological polar surface area (TPSA) is 54.9 Å². The lowest BCUT2D eigenvalue weighted by Crippen LogP contribution is -2.40. The number of hydrogen-bond donors (Lipinski definition) is 2. The number of guanidine groups is 1. The molecule has 2 aliphatic rings. The average molecular weight is 384 g/mol. The van der Waals surface area contributed by atoms with Gasteiger partial charge in [0.2, 0.25) is 0 Å². The minimum atomic E-state index is 0.545. The predicted molar refractivity (Wildman–Crippen MR) is 105 cm³/mol. The van der Waals surface area contributed by atoms with Crippen molar-refractivity contribution in [2.45, 2.75) is 38.0 Å². The van der Waals surface area contributed by atoms with Gasteiger partial charge in [0.25, 0.3) is 0 Å². The molecule has 1 fully saturated rings. The van der Waals surface area contributed by atoms with Gasteiger partial charge < -0.3 is 20.1 Å². The van der Waals surface area contributed by atoms with E-state index in [0.29, 0.717) is 35.8 Å². The molecule has 0 aromatic heterocycles. The second-order valence-electron chi connectivity index (χ2n) is 6.17. The summed E-state index contributed by atoms with van der Waals surface area (Å²) in [6.45, 7) is 5.70. The van der Waals surface area contributed by atoms with Crippen LogP contribution in [0.3, 0.4) is 0 Å². The maximum atomic E-state index is 6.36. The molecule has 7 heteroatoms. The highest BCUT2D eigenvalue weighted by Crippen LogP contribution is 2.38. The van der Waals surface area contributed by atoms with Gasteiger partial charge in [-0.25, -0.2) is 4.99 Å². The monoisotopic (exact) mass is 383 g/mol. The Hall–Kier alpha value is -1.27. The maximum Gasteiger partial charge on any atom is 0.191 e. The fraction of sp³-hybridized carbons (Fsp3) is 0.611. The van der Waals surface area contributed by atoms with E-state index in [2.05, 4.69) is 22.5 Å². The molecule has 25 heavy (non-hydrogen) atoms. The van der Waals surface area contributed by atoms with E-state index in [4.69, 9.17) is 21.1 Å². The molecule has 1 unspecified atom stereocenters. The van der Waals surface area contributed by atoms with E-state index >= 15 is 0 Å². The van der Waals surface area contributed by atoms with Crippen LogP contribution in [-0.4, -0.2) is 43.3 Å². The Labute approximate surface area is 158 Å².